The third-order valence-electron chi connectivity index (χ3n) is 5.10. The monoisotopic (exact) mass is 312 g/mol. The van der Waals surface area contributed by atoms with Crippen LogP contribution < -0.4 is 0 Å². The van der Waals surface area contributed by atoms with E-state index < -0.39 is 22.9 Å². The minimum atomic E-state index is -4.30. The van der Waals surface area contributed by atoms with Crippen LogP contribution in [0.25, 0.3) is 0 Å². The summed E-state index contributed by atoms with van der Waals surface area (Å²) in [5.41, 5.74) is -0.684. The summed E-state index contributed by atoms with van der Waals surface area (Å²) in [4.78, 5) is 0. The summed E-state index contributed by atoms with van der Waals surface area (Å²) in [6, 6.07) is 5.58. The van der Waals surface area contributed by atoms with Gasteiger partial charge < -0.3 is 9.31 Å². The van der Waals surface area contributed by atoms with Crippen molar-refractivity contribution in [1.29, 1.82) is 0 Å². The molecule has 0 radical (unpaired) electrons. The summed E-state index contributed by atoms with van der Waals surface area (Å²) in [6.07, 6.45) is -3.50. The molecule has 3 rings (SSSR count). The predicted molar refractivity (Wildman–Crippen MR) is 78.6 cm³/mol. The highest BCUT2D eigenvalue weighted by molar-refractivity contribution is 6.49. The highest BCUT2D eigenvalue weighted by atomic mass is 19.4. The standard InChI is InChI=1S/C16H20BF3O2/c1-14(2)15(3,4)22-17(21-14)13-9-12(13)10-6-5-7-11(8-10)16(18,19)20/h5-8,12-13H,9H2,1-4H3/t12-,13+/m1/s1. The van der Waals surface area contributed by atoms with Gasteiger partial charge in [0.1, 0.15) is 0 Å². The van der Waals surface area contributed by atoms with Crippen molar-refractivity contribution in [3.63, 3.8) is 0 Å². The van der Waals surface area contributed by atoms with Gasteiger partial charge in [-0.3, -0.25) is 0 Å². The van der Waals surface area contributed by atoms with Crippen LogP contribution in [0.2, 0.25) is 5.82 Å². The predicted octanol–water partition coefficient (Wildman–Crippen LogP) is 4.66. The van der Waals surface area contributed by atoms with Gasteiger partial charge in [0.2, 0.25) is 0 Å². The van der Waals surface area contributed by atoms with Gasteiger partial charge >= 0.3 is 13.3 Å². The smallest absolute Gasteiger partial charge is 0.403 e. The molecular weight excluding hydrogens is 292 g/mol. The molecular formula is C16H20BF3O2. The zero-order valence-corrected chi connectivity index (χ0v) is 13.2. The summed E-state index contributed by atoms with van der Waals surface area (Å²) >= 11 is 0. The van der Waals surface area contributed by atoms with Gasteiger partial charge in [-0.15, -0.1) is 0 Å². The summed E-state index contributed by atoms with van der Waals surface area (Å²) in [5.74, 6) is 0.210. The average molecular weight is 312 g/mol. The quantitative estimate of drug-likeness (QED) is 0.740. The van der Waals surface area contributed by atoms with Crippen LogP contribution in [0.1, 0.15) is 51.2 Å². The van der Waals surface area contributed by atoms with E-state index in [0.717, 1.165) is 18.1 Å². The van der Waals surface area contributed by atoms with Crippen LogP contribution in [-0.4, -0.2) is 18.3 Å². The summed E-state index contributed by atoms with van der Waals surface area (Å²) in [7, 11) is -0.343. The molecule has 1 aromatic rings. The number of alkyl halides is 3. The van der Waals surface area contributed by atoms with Crippen molar-refractivity contribution in [2.24, 2.45) is 0 Å². The van der Waals surface area contributed by atoms with E-state index in [2.05, 4.69) is 0 Å². The molecule has 2 fully saturated rings. The maximum absolute atomic E-state index is 12.8. The first kappa shape index (κ1) is 15.9. The van der Waals surface area contributed by atoms with Crippen molar-refractivity contribution < 1.29 is 22.5 Å². The lowest BCUT2D eigenvalue weighted by molar-refractivity contribution is -0.137. The number of halogens is 3. The molecule has 1 saturated carbocycles. The zero-order chi connectivity index (χ0) is 16.3. The number of hydrogen-bond donors (Lipinski definition) is 0. The van der Waals surface area contributed by atoms with Gasteiger partial charge in [-0.05, 0) is 51.7 Å². The van der Waals surface area contributed by atoms with Gasteiger partial charge in [0, 0.05) is 5.82 Å². The normalized spacial score (nSPS) is 29.7. The zero-order valence-electron chi connectivity index (χ0n) is 13.2. The third-order valence-corrected chi connectivity index (χ3v) is 5.10. The molecule has 2 atom stereocenters. The number of rotatable bonds is 2. The molecule has 6 heteroatoms. The molecule has 1 saturated heterocycles. The van der Waals surface area contributed by atoms with Crippen LogP contribution in [0, 0.1) is 0 Å². The molecule has 1 aliphatic heterocycles. The Morgan fingerprint density at radius 2 is 1.68 bits per heavy atom. The van der Waals surface area contributed by atoms with Crippen molar-refractivity contribution >= 4 is 7.12 Å². The van der Waals surface area contributed by atoms with Crippen LogP contribution in [0.4, 0.5) is 13.2 Å². The Hall–Kier alpha value is -1.01. The number of hydrogen-bond acceptors (Lipinski definition) is 2. The van der Waals surface area contributed by atoms with E-state index in [4.69, 9.17) is 9.31 Å². The van der Waals surface area contributed by atoms with Crippen molar-refractivity contribution in [2.75, 3.05) is 0 Å². The Labute approximate surface area is 129 Å². The van der Waals surface area contributed by atoms with Crippen LogP contribution >= 0.6 is 0 Å². The first-order valence-electron chi connectivity index (χ1n) is 7.54. The Kier molecular flexibility index (Phi) is 3.42. The molecule has 0 N–H and O–H groups in total. The second-order valence-electron chi connectivity index (χ2n) is 7.25. The SMILES string of the molecule is CC1(C)OB([C@H]2C[C@@H]2c2cccc(C(F)(F)F)c2)OC1(C)C. The van der Waals surface area contributed by atoms with Crippen molar-refractivity contribution in [3.05, 3.63) is 35.4 Å². The van der Waals surface area contributed by atoms with E-state index in [0.29, 0.717) is 0 Å². The van der Waals surface area contributed by atoms with E-state index in [1.165, 1.54) is 12.1 Å². The summed E-state index contributed by atoms with van der Waals surface area (Å²) in [6.45, 7) is 7.92. The van der Waals surface area contributed by atoms with E-state index >= 15 is 0 Å². The Bertz CT molecular complexity index is 567. The minimum Gasteiger partial charge on any atom is -0.403 e. The lowest BCUT2D eigenvalue weighted by Crippen LogP contribution is -2.41. The van der Waals surface area contributed by atoms with Crippen molar-refractivity contribution in [3.8, 4) is 0 Å². The molecule has 120 valence electrons. The molecule has 1 aliphatic carbocycles. The Morgan fingerprint density at radius 1 is 1.09 bits per heavy atom. The van der Waals surface area contributed by atoms with Crippen LogP contribution in [0.3, 0.4) is 0 Å². The molecule has 1 aromatic carbocycles. The summed E-state index contributed by atoms with van der Waals surface area (Å²) < 4.78 is 50.4. The van der Waals surface area contributed by atoms with Gasteiger partial charge in [-0.1, -0.05) is 18.2 Å². The molecule has 2 aliphatic rings. The largest absolute Gasteiger partial charge is 0.461 e. The molecule has 0 bridgehead atoms. The molecule has 1 heterocycles. The Balaban J connectivity index is 1.74. The number of benzene rings is 1. The van der Waals surface area contributed by atoms with E-state index in [-0.39, 0.29) is 18.9 Å². The maximum atomic E-state index is 12.8. The van der Waals surface area contributed by atoms with Crippen molar-refractivity contribution in [2.45, 2.75) is 63.2 Å². The fourth-order valence-electron chi connectivity index (χ4n) is 2.91. The van der Waals surface area contributed by atoms with Crippen LogP contribution in [0.5, 0.6) is 0 Å². The second-order valence-corrected chi connectivity index (χ2v) is 7.25. The maximum Gasteiger partial charge on any atom is 0.461 e. The van der Waals surface area contributed by atoms with Gasteiger partial charge in [-0.2, -0.15) is 13.2 Å². The van der Waals surface area contributed by atoms with Gasteiger partial charge in [0.05, 0.1) is 16.8 Å². The molecule has 2 nitrogen and oxygen atoms in total. The molecule has 22 heavy (non-hydrogen) atoms. The fraction of sp³-hybridized carbons (Fsp3) is 0.625. The highest BCUT2D eigenvalue weighted by Gasteiger charge is 2.59. The van der Waals surface area contributed by atoms with Gasteiger partial charge in [0.25, 0.3) is 0 Å². The van der Waals surface area contributed by atoms with E-state index in [1.807, 2.05) is 27.7 Å². The lowest BCUT2D eigenvalue weighted by Gasteiger charge is -2.32. The molecule has 0 amide bonds. The third kappa shape index (κ3) is 2.67. The van der Waals surface area contributed by atoms with Gasteiger partial charge in [-0.25, -0.2) is 0 Å². The first-order valence-corrected chi connectivity index (χ1v) is 7.54. The van der Waals surface area contributed by atoms with Crippen LogP contribution in [-0.2, 0) is 15.5 Å². The Morgan fingerprint density at radius 3 is 2.23 bits per heavy atom. The fourth-order valence-corrected chi connectivity index (χ4v) is 2.91. The molecule has 0 spiro atoms. The highest BCUT2D eigenvalue weighted by Crippen LogP contribution is 2.58. The minimum absolute atomic E-state index is 0.0806. The lowest BCUT2D eigenvalue weighted by atomic mass is 9.79. The van der Waals surface area contributed by atoms with E-state index in [1.54, 1.807) is 6.07 Å². The summed E-state index contributed by atoms with van der Waals surface area (Å²) in [5, 5.41) is 0. The van der Waals surface area contributed by atoms with E-state index in [9.17, 15) is 13.2 Å². The molecule has 0 aromatic heterocycles. The van der Waals surface area contributed by atoms with Crippen LogP contribution in [0.15, 0.2) is 24.3 Å². The first-order chi connectivity index (χ1) is 10.0. The molecule has 0 unspecified atom stereocenters. The topological polar surface area (TPSA) is 18.5 Å². The second kappa shape index (κ2) is 4.74. The van der Waals surface area contributed by atoms with Crippen molar-refractivity contribution in [1.82, 2.24) is 0 Å². The average Bonchev–Trinajstić information content (AvgIpc) is 3.12. The van der Waals surface area contributed by atoms with Gasteiger partial charge in [0.15, 0.2) is 0 Å².